The van der Waals surface area contributed by atoms with Crippen molar-refractivity contribution in [3.8, 4) is 0 Å². The van der Waals surface area contributed by atoms with E-state index in [-0.39, 0.29) is 11.3 Å². The van der Waals surface area contributed by atoms with E-state index in [1.54, 1.807) is 0 Å². The van der Waals surface area contributed by atoms with Crippen molar-refractivity contribution in [1.29, 1.82) is 0 Å². The van der Waals surface area contributed by atoms with Crippen molar-refractivity contribution < 1.29 is 4.79 Å². The lowest BCUT2D eigenvalue weighted by atomic mass is 9.76. The maximum absolute atomic E-state index is 13.0. The molecule has 1 saturated heterocycles. The van der Waals surface area contributed by atoms with Crippen molar-refractivity contribution in [1.82, 2.24) is 9.47 Å². The Labute approximate surface area is 137 Å². The summed E-state index contributed by atoms with van der Waals surface area (Å²) in [6.45, 7) is 3.98. The molecule has 23 heavy (non-hydrogen) atoms. The molecule has 2 aliphatic rings. The van der Waals surface area contributed by atoms with E-state index in [0.717, 1.165) is 31.6 Å². The number of nitrogens with zero attached hydrogens (tertiary/aromatic N) is 2. The summed E-state index contributed by atoms with van der Waals surface area (Å²) in [5, 5.41) is 0. The van der Waals surface area contributed by atoms with Crippen molar-refractivity contribution >= 4 is 5.91 Å². The van der Waals surface area contributed by atoms with Gasteiger partial charge in [0.2, 0.25) is 0 Å². The smallest absolute Gasteiger partial charge is 0.270 e. The van der Waals surface area contributed by atoms with Gasteiger partial charge in [0.15, 0.2) is 0 Å². The molecule has 4 rings (SSSR count). The number of carbonyl (C=O) groups excluding carboxylic acids is 1. The van der Waals surface area contributed by atoms with Crippen LogP contribution in [0.1, 0.15) is 54.7 Å². The molecule has 2 fully saturated rings. The maximum Gasteiger partial charge on any atom is 0.270 e. The molecule has 1 saturated carbocycles. The van der Waals surface area contributed by atoms with Gasteiger partial charge < -0.3 is 9.47 Å². The second kappa shape index (κ2) is 5.55. The van der Waals surface area contributed by atoms with Gasteiger partial charge in [-0.1, -0.05) is 37.3 Å². The first-order valence-electron chi connectivity index (χ1n) is 8.69. The predicted octanol–water partition coefficient (Wildman–Crippen LogP) is 4.02. The van der Waals surface area contributed by atoms with E-state index < -0.39 is 0 Å². The largest absolute Gasteiger partial charge is 0.340 e. The fourth-order valence-corrected chi connectivity index (χ4v) is 3.90. The van der Waals surface area contributed by atoms with Crippen LogP contribution in [-0.2, 0) is 5.41 Å². The lowest BCUT2D eigenvalue weighted by molar-refractivity contribution is 0.0640. The van der Waals surface area contributed by atoms with Gasteiger partial charge in [-0.25, -0.2) is 0 Å². The Morgan fingerprint density at radius 3 is 2.65 bits per heavy atom. The van der Waals surface area contributed by atoms with Crippen molar-refractivity contribution in [2.24, 2.45) is 0 Å². The molecular formula is C20H24N2O. The van der Waals surface area contributed by atoms with Gasteiger partial charge in [0, 0.05) is 30.7 Å². The van der Waals surface area contributed by atoms with Crippen molar-refractivity contribution in [2.45, 2.75) is 44.1 Å². The van der Waals surface area contributed by atoms with Gasteiger partial charge in [-0.15, -0.1) is 0 Å². The first-order valence-corrected chi connectivity index (χ1v) is 8.69. The zero-order valence-electron chi connectivity index (χ0n) is 13.7. The molecule has 1 aromatic heterocycles. The summed E-state index contributed by atoms with van der Waals surface area (Å²) in [7, 11) is 0. The van der Waals surface area contributed by atoms with E-state index in [1.165, 1.54) is 18.4 Å². The topological polar surface area (TPSA) is 25.2 Å². The highest BCUT2D eigenvalue weighted by Gasteiger charge is 2.36. The fraction of sp³-hybridized carbons (Fsp3) is 0.450. The Balaban J connectivity index is 1.57. The molecule has 3 heteroatoms. The third kappa shape index (κ3) is 2.69. The fourth-order valence-electron chi connectivity index (χ4n) is 3.90. The van der Waals surface area contributed by atoms with Crippen LogP contribution in [0.15, 0.2) is 48.7 Å². The van der Waals surface area contributed by atoms with Gasteiger partial charge in [-0.3, -0.25) is 4.79 Å². The summed E-state index contributed by atoms with van der Waals surface area (Å²) >= 11 is 0. The quantitative estimate of drug-likeness (QED) is 0.841. The van der Waals surface area contributed by atoms with E-state index in [9.17, 15) is 4.79 Å². The summed E-state index contributed by atoms with van der Waals surface area (Å²) < 4.78 is 2.18. The summed E-state index contributed by atoms with van der Waals surface area (Å²) in [6.07, 6.45) is 6.68. The number of amides is 1. The van der Waals surface area contributed by atoms with Crippen LogP contribution < -0.4 is 0 Å². The standard InChI is InChI=1S/C20H24N2O/c1-20(16-7-3-2-4-8-16)12-6-13-21(15-20)19(23)18-9-5-14-22(18)17-10-11-17/h2-5,7-9,14,17H,6,10-13,15H2,1H3. The first-order chi connectivity index (χ1) is 11.2. The highest BCUT2D eigenvalue weighted by atomic mass is 16.2. The number of piperidine rings is 1. The van der Waals surface area contributed by atoms with Gasteiger partial charge >= 0.3 is 0 Å². The molecule has 2 aromatic rings. The van der Waals surface area contributed by atoms with E-state index in [4.69, 9.17) is 0 Å². The molecule has 1 aliphatic carbocycles. The second-order valence-corrected chi connectivity index (χ2v) is 7.29. The molecule has 1 amide bonds. The molecule has 0 spiro atoms. The Morgan fingerprint density at radius 1 is 1.13 bits per heavy atom. The van der Waals surface area contributed by atoms with Crippen LogP contribution in [0.5, 0.6) is 0 Å². The molecule has 0 bridgehead atoms. The zero-order valence-corrected chi connectivity index (χ0v) is 13.7. The summed E-state index contributed by atoms with van der Waals surface area (Å²) in [4.78, 5) is 15.1. The minimum Gasteiger partial charge on any atom is -0.340 e. The van der Waals surface area contributed by atoms with Crippen LogP contribution in [-0.4, -0.2) is 28.5 Å². The molecule has 1 aromatic carbocycles. The third-order valence-electron chi connectivity index (χ3n) is 5.39. The minimum atomic E-state index is 0.0617. The van der Waals surface area contributed by atoms with Gasteiger partial charge in [-0.05, 0) is 43.4 Å². The van der Waals surface area contributed by atoms with E-state index >= 15 is 0 Å². The van der Waals surface area contributed by atoms with Gasteiger partial charge in [0.05, 0.1) is 0 Å². The Morgan fingerprint density at radius 2 is 1.91 bits per heavy atom. The summed E-state index contributed by atoms with van der Waals surface area (Å²) in [6, 6.07) is 15.2. The van der Waals surface area contributed by atoms with Gasteiger partial charge in [-0.2, -0.15) is 0 Å². The predicted molar refractivity (Wildman–Crippen MR) is 91.6 cm³/mol. The highest BCUT2D eigenvalue weighted by molar-refractivity contribution is 5.93. The summed E-state index contributed by atoms with van der Waals surface area (Å²) in [5.41, 5.74) is 2.27. The molecule has 0 radical (unpaired) electrons. The monoisotopic (exact) mass is 308 g/mol. The normalized spacial score (nSPS) is 24.7. The number of carbonyl (C=O) groups is 1. The van der Waals surface area contributed by atoms with Crippen LogP contribution in [0.4, 0.5) is 0 Å². The van der Waals surface area contributed by atoms with E-state index in [0.29, 0.717) is 6.04 Å². The van der Waals surface area contributed by atoms with E-state index in [1.807, 2.05) is 12.1 Å². The highest BCUT2D eigenvalue weighted by Crippen LogP contribution is 2.37. The number of likely N-dealkylation sites (tertiary alicyclic amines) is 1. The van der Waals surface area contributed by atoms with Crippen molar-refractivity contribution in [3.05, 3.63) is 59.9 Å². The minimum absolute atomic E-state index is 0.0617. The SMILES string of the molecule is CC1(c2ccccc2)CCCN(C(=O)c2cccn2C2CC2)C1. The number of hydrogen-bond acceptors (Lipinski definition) is 1. The molecule has 120 valence electrons. The van der Waals surface area contributed by atoms with E-state index in [2.05, 4.69) is 52.9 Å². The van der Waals surface area contributed by atoms with Gasteiger partial charge in [0.1, 0.15) is 5.69 Å². The molecule has 1 atom stereocenters. The van der Waals surface area contributed by atoms with Crippen LogP contribution in [0.3, 0.4) is 0 Å². The van der Waals surface area contributed by atoms with Crippen LogP contribution in [0.25, 0.3) is 0 Å². The average molecular weight is 308 g/mol. The summed E-state index contributed by atoms with van der Waals surface area (Å²) in [5.74, 6) is 0.198. The lowest BCUT2D eigenvalue weighted by Crippen LogP contribution is -2.47. The zero-order chi connectivity index (χ0) is 15.9. The Bertz CT molecular complexity index is 701. The maximum atomic E-state index is 13.0. The van der Waals surface area contributed by atoms with Crippen LogP contribution in [0.2, 0.25) is 0 Å². The second-order valence-electron chi connectivity index (χ2n) is 7.29. The van der Waals surface area contributed by atoms with Gasteiger partial charge in [0.25, 0.3) is 5.91 Å². The van der Waals surface area contributed by atoms with Crippen molar-refractivity contribution in [2.75, 3.05) is 13.1 Å². The molecule has 3 nitrogen and oxygen atoms in total. The first kappa shape index (κ1) is 14.6. The number of aromatic nitrogens is 1. The van der Waals surface area contributed by atoms with Crippen LogP contribution in [0, 0.1) is 0 Å². The molecular weight excluding hydrogens is 284 g/mol. The Hall–Kier alpha value is -2.03. The molecule has 1 aliphatic heterocycles. The Kier molecular flexibility index (Phi) is 3.51. The number of rotatable bonds is 3. The third-order valence-corrected chi connectivity index (χ3v) is 5.39. The van der Waals surface area contributed by atoms with Crippen molar-refractivity contribution in [3.63, 3.8) is 0 Å². The number of hydrogen-bond donors (Lipinski definition) is 0. The molecule has 1 unspecified atom stereocenters. The molecule has 2 heterocycles. The molecule has 0 N–H and O–H groups in total. The number of benzene rings is 1. The lowest BCUT2D eigenvalue weighted by Gasteiger charge is -2.41. The van der Waals surface area contributed by atoms with Crippen LogP contribution >= 0.6 is 0 Å². The average Bonchev–Trinajstić information content (AvgIpc) is 3.32.